The highest BCUT2D eigenvalue weighted by Gasteiger charge is 2.11. The van der Waals surface area contributed by atoms with Crippen LogP contribution in [0.4, 0.5) is 0 Å². The highest BCUT2D eigenvalue weighted by Crippen LogP contribution is 2.26. The first-order valence-corrected chi connectivity index (χ1v) is 8.25. The van der Waals surface area contributed by atoms with Crippen LogP contribution in [0.25, 0.3) is 22.6 Å². The highest BCUT2D eigenvalue weighted by molar-refractivity contribution is 5.92. The largest absolute Gasteiger partial charge is 0.478 e. The summed E-state index contributed by atoms with van der Waals surface area (Å²) in [5.41, 5.74) is 4.50. The highest BCUT2D eigenvalue weighted by atomic mass is 16.4. The molecule has 0 fully saturated rings. The number of carboxylic acids is 1. The van der Waals surface area contributed by atoms with E-state index < -0.39 is 5.97 Å². The second kappa shape index (κ2) is 8.87. The Hall–Kier alpha value is -2.62. The number of aromatic nitrogens is 1. The molecular weight excluding hydrogens is 302 g/mol. The van der Waals surface area contributed by atoms with E-state index in [2.05, 4.69) is 11.1 Å². The van der Waals surface area contributed by atoms with Crippen molar-refractivity contribution in [1.82, 2.24) is 4.98 Å². The Labute approximate surface area is 143 Å². The molecule has 1 aromatic heterocycles. The van der Waals surface area contributed by atoms with Crippen molar-refractivity contribution in [2.24, 2.45) is 0 Å². The number of oxazole rings is 1. The third-order valence-electron chi connectivity index (χ3n) is 3.10. The van der Waals surface area contributed by atoms with Crippen molar-refractivity contribution < 1.29 is 14.3 Å². The maximum absolute atomic E-state index is 10.9. The van der Waals surface area contributed by atoms with Gasteiger partial charge in [0, 0.05) is 5.56 Å². The maximum Gasteiger partial charge on any atom is 0.335 e. The van der Waals surface area contributed by atoms with Crippen molar-refractivity contribution >= 4 is 17.1 Å². The molecule has 0 saturated carbocycles. The van der Waals surface area contributed by atoms with Crippen molar-refractivity contribution in [1.29, 1.82) is 0 Å². The molecule has 0 aliphatic rings. The molecule has 2 aromatic carbocycles. The molecule has 0 aliphatic carbocycles. The summed E-state index contributed by atoms with van der Waals surface area (Å²) in [5, 5.41) is 8.98. The quantitative estimate of drug-likeness (QED) is 0.640. The topological polar surface area (TPSA) is 63.3 Å². The number of nitrogens with zero attached hydrogens (tertiary/aromatic N) is 1. The molecule has 0 amide bonds. The standard InChI is InChI=1S/C16H13NO3.2C2H6/c1-9-5-10(2)7-12(6-9)15-17-13-4-3-11(16(18)19)8-14(13)20-15;2*1-2/h3-8H,1-2H3,(H,18,19);2*1-2H3. The summed E-state index contributed by atoms with van der Waals surface area (Å²) in [6.45, 7) is 12.0. The first-order valence-electron chi connectivity index (χ1n) is 8.25. The zero-order chi connectivity index (χ0) is 18.3. The first kappa shape index (κ1) is 19.4. The van der Waals surface area contributed by atoms with E-state index in [1.165, 1.54) is 12.1 Å². The Morgan fingerprint density at radius 1 is 0.958 bits per heavy atom. The minimum absolute atomic E-state index is 0.195. The van der Waals surface area contributed by atoms with Crippen LogP contribution >= 0.6 is 0 Å². The van der Waals surface area contributed by atoms with Gasteiger partial charge in [0.2, 0.25) is 5.89 Å². The number of hydrogen-bond acceptors (Lipinski definition) is 3. The zero-order valence-corrected chi connectivity index (χ0v) is 15.2. The van der Waals surface area contributed by atoms with Crippen molar-refractivity contribution in [2.45, 2.75) is 41.5 Å². The van der Waals surface area contributed by atoms with Crippen LogP contribution in [0, 0.1) is 13.8 Å². The van der Waals surface area contributed by atoms with E-state index in [-0.39, 0.29) is 5.56 Å². The van der Waals surface area contributed by atoms with Crippen LogP contribution in [0.5, 0.6) is 0 Å². The SMILES string of the molecule is CC.CC.Cc1cc(C)cc(-c2nc3ccc(C(=O)O)cc3o2)c1. The molecule has 3 aromatic rings. The van der Waals surface area contributed by atoms with Gasteiger partial charge < -0.3 is 9.52 Å². The summed E-state index contributed by atoms with van der Waals surface area (Å²) in [6, 6.07) is 10.8. The Morgan fingerprint density at radius 3 is 2.08 bits per heavy atom. The molecule has 0 unspecified atom stereocenters. The number of aryl methyl sites for hydroxylation is 2. The Kier molecular flexibility index (Phi) is 7.18. The van der Waals surface area contributed by atoms with Gasteiger partial charge in [-0.3, -0.25) is 0 Å². The molecule has 4 heteroatoms. The van der Waals surface area contributed by atoms with E-state index in [1.54, 1.807) is 6.07 Å². The summed E-state index contributed by atoms with van der Waals surface area (Å²) in [7, 11) is 0. The molecule has 0 atom stereocenters. The summed E-state index contributed by atoms with van der Waals surface area (Å²) < 4.78 is 5.68. The number of benzene rings is 2. The summed E-state index contributed by atoms with van der Waals surface area (Å²) in [4.78, 5) is 15.4. The smallest absolute Gasteiger partial charge is 0.335 e. The molecule has 0 saturated heterocycles. The lowest BCUT2D eigenvalue weighted by Gasteiger charge is -2.00. The Balaban J connectivity index is 0.000000671. The van der Waals surface area contributed by atoms with Crippen LogP contribution < -0.4 is 0 Å². The van der Waals surface area contributed by atoms with E-state index >= 15 is 0 Å². The first-order chi connectivity index (χ1) is 11.5. The Morgan fingerprint density at radius 2 is 1.54 bits per heavy atom. The van der Waals surface area contributed by atoms with Crippen molar-refractivity contribution in [2.75, 3.05) is 0 Å². The van der Waals surface area contributed by atoms with Gasteiger partial charge >= 0.3 is 5.97 Å². The van der Waals surface area contributed by atoms with E-state index in [4.69, 9.17) is 9.52 Å². The van der Waals surface area contributed by atoms with Gasteiger partial charge in [-0.05, 0) is 44.2 Å². The minimum atomic E-state index is -0.976. The van der Waals surface area contributed by atoms with Crippen LogP contribution in [0.3, 0.4) is 0 Å². The summed E-state index contributed by atoms with van der Waals surface area (Å²) >= 11 is 0. The van der Waals surface area contributed by atoms with Gasteiger partial charge in [0.05, 0.1) is 5.56 Å². The molecule has 0 bridgehead atoms. The maximum atomic E-state index is 10.9. The fourth-order valence-electron chi connectivity index (χ4n) is 2.28. The lowest BCUT2D eigenvalue weighted by molar-refractivity contribution is 0.0697. The van der Waals surface area contributed by atoms with Crippen LogP contribution in [-0.4, -0.2) is 16.1 Å². The van der Waals surface area contributed by atoms with Gasteiger partial charge in [0.1, 0.15) is 5.52 Å². The molecule has 4 nitrogen and oxygen atoms in total. The molecule has 0 spiro atoms. The van der Waals surface area contributed by atoms with Crippen LogP contribution in [0.2, 0.25) is 0 Å². The minimum Gasteiger partial charge on any atom is -0.478 e. The fourth-order valence-corrected chi connectivity index (χ4v) is 2.28. The van der Waals surface area contributed by atoms with E-state index in [0.29, 0.717) is 17.0 Å². The number of rotatable bonds is 2. The van der Waals surface area contributed by atoms with Crippen LogP contribution in [0.15, 0.2) is 40.8 Å². The van der Waals surface area contributed by atoms with Crippen molar-refractivity contribution in [3.8, 4) is 11.5 Å². The second-order valence-electron chi connectivity index (χ2n) is 4.88. The molecule has 3 rings (SSSR count). The zero-order valence-electron chi connectivity index (χ0n) is 15.2. The van der Waals surface area contributed by atoms with Gasteiger partial charge in [-0.25, -0.2) is 9.78 Å². The van der Waals surface area contributed by atoms with Crippen LogP contribution in [0.1, 0.15) is 49.2 Å². The van der Waals surface area contributed by atoms with E-state index in [1.807, 2.05) is 53.7 Å². The molecule has 24 heavy (non-hydrogen) atoms. The van der Waals surface area contributed by atoms with Crippen LogP contribution in [-0.2, 0) is 0 Å². The molecule has 0 radical (unpaired) electrons. The van der Waals surface area contributed by atoms with Crippen molar-refractivity contribution in [3.63, 3.8) is 0 Å². The van der Waals surface area contributed by atoms with Gasteiger partial charge in [-0.1, -0.05) is 44.9 Å². The van der Waals surface area contributed by atoms with E-state index in [0.717, 1.165) is 16.7 Å². The number of aromatic carboxylic acids is 1. The monoisotopic (exact) mass is 327 g/mol. The second-order valence-corrected chi connectivity index (χ2v) is 4.88. The predicted octanol–water partition coefficient (Wildman–Crippen LogP) is 5.86. The predicted molar refractivity (Wildman–Crippen MR) is 98.6 cm³/mol. The normalized spacial score (nSPS) is 9.58. The Bertz CT molecular complexity index is 799. The fraction of sp³-hybridized carbons (Fsp3) is 0.300. The lowest BCUT2D eigenvalue weighted by atomic mass is 10.1. The number of fused-ring (bicyclic) bond motifs is 1. The number of hydrogen-bond donors (Lipinski definition) is 1. The molecule has 0 aliphatic heterocycles. The molecule has 1 N–H and O–H groups in total. The van der Waals surface area contributed by atoms with E-state index in [9.17, 15) is 4.79 Å². The van der Waals surface area contributed by atoms with Gasteiger partial charge in [0.25, 0.3) is 0 Å². The summed E-state index contributed by atoms with van der Waals surface area (Å²) in [5.74, 6) is -0.467. The van der Waals surface area contributed by atoms with Gasteiger partial charge in [0.15, 0.2) is 5.58 Å². The third-order valence-corrected chi connectivity index (χ3v) is 3.10. The average Bonchev–Trinajstić information content (AvgIpc) is 3.01. The van der Waals surface area contributed by atoms with Gasteiger partial charge in [-0.15, -0.1) is 0 Å². The summed E-state index contributed by atoms with van der Waals surface area (Å²) in [6.07, 6.45) is 0. The molecule has 1 heterocycles. The molecular formula is C20H25NO3. The average molecular weight is 327 g/mol. The third kappa shape index (κ3) is 4.44. The molecule has 128 valence electrons. The van der Waals surface area contributed by atoms with Gasteiger partial charge in [-0.2, -0.15) is 0 Å². The van der Waals surface area contributed by atoms with Crippen molar-refractivity contribution in [3.05, 3.63) is 53.1 Å². The lowest BCUT2D eigenvalue weighted by Crippen LogP contribution is -1.94. The number of carbonyl (C=O) groups is 1. The number of carboxylic acid groups (broad SMARTS) is 1.